The van der Waals surface area contributed by atoms with Crippen molar-refractivity contribution in [1.82, 2.24) is 0 Å². The summed E-state index contributed by atoms with van der Waals surface area (Å²) >= 11 is 0. The van der Waals surface area contributed by atoms with E-state index < -0.39 is 98.4 Å². The second kappa shape index (κ2) is 15.0. The van der Waals surface area contributed by atoms with E-state index in [1.165, 1.54) is 0 Å². The second-order valence-corrected chi connectivity index (χ2v) is 10.7. The summed E-state index contributed by atoms with van der Waals surface area (Å²) in [7, 11) is 0. The van der Waals surface area contributed by atoms with Crippen LogP contribution in [0.3, 0.4) is 0 Å². The highest BCUT2D eigenvalue weighted by Gasteiger charge is 2.51. The Morgan fingerprint density at radius 2 is 1.31 bits per heavy atom. The molecule has 3 fully saturated rings. The summed E-state index contributed by atoms with van der Waals surface area (Å²) in [6.45, 7) is 1.89. The lowest BCUT2D eigenvalue weighted by Crippen LogP contribution is -2.68. The Morgan fingerprint density at radius 3 is 1.87 bits per heavy atom. The summed E-state index contributed by atoms with van der Waals surface area (Å²) in [6, 6.07) is -2.57. The monoisotopic (exact) mass is 568 g/mol. The third kappa shape index (κ3) is 7.63. The topological polar surface area (TPSA) is 272 Å². The van der Waals surface area contributed by atoms with Gasteiger partial charge in [0.1, 0.15) is 61.0 Å². The van der Waals surface area contributed by atoms with Gasteiger partial charge in [0, 0.05) is 25.2 Å². The van der Waals surface area contributed by atoms with E-state index in [1.807, 2.05) is 0 Å². The maximum Gasteiger partial charge on any atom is 0.187 e. The maximum absolute atomic E-state index is 11.1. The molecule has 0 bridgehead atoms. The number of unbranched alkanes of at least 4 members (excludes halogenated alkanes) is 3. The largest absolute Gasteiger partial charge is 0.394 e. The molecule has 1 saturated carbocycles. The van der Waals surface area contributed by atoms with Gasteiger partial charge in [-0.3, -0.25) is 0 Å². The van der Waals surface area contributed by atoms with E-state index in [9.17, 15) is 30.6 Å². The van der Waals surface area contributed by atoms with Crippen molar-refractivity contribution in [2.75, 3.05) is 19.8 Å². The first-order valence-electron chi connectivity index (χ1n) is 13.8. The van der Waals surface area contributed by atoms with Crippen molar-refractivity contribution in [1.29, 1.82) is 0 Å². The molecule has 0 amide bonds. The van der Waals surface area contributed by atoms with E-state index in [2.05, 4.69) is 6.92 Å². The number of rotatable bonds is 12. The number of aliphatic hydroxyl groups is 6. The van der Waals surface area contributed by atoms with Crippen molar-refractivity contribution >= 4 is 0 Å². The van der Waals surface area contributed by atoms with Crippen LogP contribution in [0, 0.1) is 0 Å². The molecule has 1 aliphatic carbocycles. The number of hydrogen-bond acceptors (Lipinski definition) is 15. The number of hydrogen-bond donors (Lipinski definition) is 10. The molecular formula is C24H48N4O11. The highest BCUT2D eigenvalue weighted by atomic mass is 16.7. The first kappa shape index (κ1) is 32.9. The van der Waals surface area contributed by atoms with E-state index in [0.29, 0.717) is 6.61 Å². The molecule has 15 nitrogen and oxygen atoms in total. The van der Waals surface area contributed by atoms with Gasteiger partial charge in [-0.2, -0.15) is 0 Å². The minimum Gasteiger partial charge on any atom is -0.394 e. The molecule has 39 heavy (non-hydrogen) atoms. The summed E-state index contributed by atoms with van der Waals surface area (Å²) < 4.78 is 28.8. The van der Waals surface area contributed by atoms with Crippen LogP contribution in [0.4, 0.5) is 0 Å². The number of ether oxygens (including phenoxy) is 5. The first-order valence-corrected chi connectivity index (χ1v) is 13.8. The third-order valence-electron chi connectivity index (χ3n) is 7.76. The van der Waals surface area contributed by atoms with E-state index >= 15 is 0 Å². The fourth-order valence-corrected chi connectivity index (χ4v) is 5.35. The Hall–Kier alpha value is -0.600. The van der Waals surface area contributed by atoms with Crippen LogP contribution >= 0.6 is 0 Å². The molecule has 2 saturated heterocycles. The van der Waals surface area contributed by atoms with Gasteiger partial charge >= 0.3 is 0 Å². The Balaban J connectivity index is 1.66. The van der Waals surface area contributed by atoms with Crippen molar-refractivity contribution in [2.45, 2.75) is 131 Å². The molecule has 3 rings (SSSR count). The SMILES string of the molecule is CCCCCCO[C@H]1[C@H](N)[C@@H](O)[C@H](O[C@@H]2[C@@H](O)[C@H](O[C@H]3O[C@H](CN)[C@@H](O)[C@H](O)[C@H]3O)[C@@H](N)C[C@H]2N)O[C@@H]1CO. The van der Waals surface area contributed by atoms with Crippen LogP contribution in [0.1, 0.15) is 39.0 Å². The lowest BCUT2D eigenvalue weighted by molar-refractivity contribution is -0.333. The van der Waals surface area contributed by atoms with E-state index in [1.54, 1.807) is 0 Å². The highest BCUT2D eigenvalue weighted by molar-refractivity contribution is 5.01. The molecule has 15 atom stereocenters. The second-order valence-electron chi connectivity index (χ2n) is 10.7. The first-order chi connectivity index (χ1) is 18.5. The van der Waals surface area contributed by atoms with Gasteiger partial charge in [0.05, 0.1) is 12.6 Å². The summed E-state index contributed by atoms with van der Waals surface area (Å²) in [4.78, 5) is 0. The van der Waals surface area contributed by atoms with Crippen LogP contribution in [0.2, 0.25) is 0 Å². The Kier molecular flexibility index (Phi) is 12.7. The molecule has 0 radical (unpaired) electrons. The van der Waals surface area contributed by atoms with Crippen LogP contribution in [0.5, 0.6) is 0 Å². The van der Waals surface area contributed by atoms with E-state index in [0.717, 1.165) is 25.7 Å². The maximum atomic E-state index is 11.1. The molecule has 230 valence electrons. The van der Waals surface area contributed by atoms with Gasteiger partial charge in [-0.15, -0.1) is 0 Å². The molecule has 0 spiro atoms. The van der Waals surface area contributed by atoms with Crippen LogP contribution in [-0.2, 0) is 23.7 Å². The normalized spacial score (nSPS) is 47.3. The zero-order valence-corrected chi connectivity index (χ0v) is 22.4. The van der Waals surface area contributed by atoms with Crippen molar-refractivity contribution in [3.05, 3.63) is 0 Å². The zero-order valence-electron chi connectivity index (χ0n) is 22.4. The summed E-state index contributed by atoms with van der Waals surface area (Å²) in [6.07, 6.45) is -11.3. The molecule has 14 N–H and O–H groups in total. The highest BCUT2D eigenvalue weighted by Crippen LogP contribution is 2.31. The number of nitrogens with two attached hydrogens (primary N) is 4. The molecule has 0 aromatic rings. The molecule has 2 heterocycles. The van der Waals surface area contributed by atoms with Gasteiger partial charge in [-0.05, 0) is 12.8 Å². The Morgan fingerprint density at radius 1 is 0.718 bits per heavy atom. The quantitative estimate of drug-likeness (QED) is 0.0991. The van der Waals surface area contributed by atoms with Gasteiger partial charge in [0.25, 0.3) is 0 Å². The molecular weight excluding hydrogens is 520 g/mol. The lowest BCUT2D eigenvalue weighted by Gasteiger charge is -2.48. The minimum atomic E-state index is -1.65. The molecule has 15 heteroatoms. The molecule has 0 unspecified atom stereocenters. The summed E-state index contributed by atoms with van der Waals surface area (Å²) in [5.74, 6) is 0. The van der Waals surface area contributed by atoms with Gasteiger partial charge < -0.3 is 77.3 Å². The van der Waals surface area contributed by atoms with E-state index in [-0.39, 0.29) is 13.0 Å². The van der Waals surface area contributed by atoms with Crippen LogP contribution < -0.4 is 22.9 Å². The van der Waals surface area contributed by atoms with Crippen LogP contribution in [0.15, 0.2) is 0 Å². The molecule has 0 aromatic carbocycles. The average Bonchev–Trinajstić information content (AvgIpc) is 2.91. The fraction of sp³-hybridized carbons (Fsp3) is 1.00. The summed E-state index contributed by atoms with van der Waals surface area (Å²) in [5.41, 5.74) is 24.3. The average molecular weight is 569 g/mol. The van der Waals surface area contributed by atoms with Gasteiger partial charge in [0.15, 0.2) is 12.6 Å². The smallest absolute Gasteiger partial charge is 0.187 e. The fourth-order valence-electron chi connectivity index (χ4n) is 5.35. The lowest BCUT2D eigenvalue weighted by atomic mass is 9.84. The van der Waals surface area contributed by atoms with Crippen LogP contribution in [0.25, 0.3) is 0 Å². The summed E-state index contributed by atoms with van der Waals surface area (Å²) in [5, 5.41) is 62.5. The number of aliphatic hydroxyl groups excluding tert-OH is 6. The van der Waals surface area contributed by atoms with Crippen LogP contribution in [-0.4, -0.2) is 142 Å². The van der Waals surface area contributed by atoms with Crippen molar-refractivity contribution < 1.29 is 54.3 Å². The predicted molar refractivity (Wildman–Crippen MR) is 136 cm³/mol. The van der Waals surface area contributed by atoms with Gasteiger partial charge in [-0.1, -0.05) is 26.2 Å². The van der Waals surface area contributed by atoms with Crippen molar-refractivity contribution in [2.24, 2.45) is 22.9 Å². The molecule has 3 aliphatic rings. The van der Waals surface area contributed by atoms with Crippen molar-refractivity contribution in [3.8, 4) is 0 Å². The minimum absolute atomic E-state index is 0.114. The third-order valence-corrected chi connectivity index (χ3v) is 7.76. The molecule has 2 aliphatic heterocycles. The zero-order chi connectivity index (χ0) is 28.9. The Labute approximate surface area is 228 Å². The molecule has 0 aromatic heterocycles. The predicted octanol–water partition coefficient (Wildman–Crippen LogP) is -4.69. The van der Waals surface area contributed by atoms with Crippen molar-refractivity contribution in [3.63, 3.8) is 0 Å². The van der Waals surface area contributed by atoms with Gasteiger partial charge in [0.2, 0.25) is 0 Å². The van der Waals surface area contributed by atoms with Gasteiger partial charge in [-0.25, -0.2) is 0 Å². The van der Waals surface area contributed by atoms with E-state index in [4.69, 9.17) is 46.6 Å². The Bertz CT molecular complexity index is 726. The standard InChI is InChI=1S/C24H48N4O11/c1-2-3-4-5-6-35-22-13(9-29)37-23(16(31)14(22)28)38-20-10(26)7-11(27)21(19(20)34)39-24-18(33)17(32)15(30)12(8-25)36-24/h10-24,29-34H,2-9,25-28H2,1H3/t10-,11+,12-,13-,14-,15-,16-,17+,18-,19-,20+,21-,22-,23+,24-/m1/s1.